The summed E-state index contributed by atoms with van der Waals surface area (Å²) >= 11 is 0. The molecule has 2 nitrogen and oxygen atoms in total. The molecule has 0 unspecified atom stereocenters. The summed E-state index contributed by atoms with van der Waals surface area (Å²) in [7, 11) is 0. The molecule has 0 bridgehead atoms. The van der Waals surface area contributed by atoms with Crippen molar-refractivity contribution in [2.24, 2.45) is 0 Å². The van der Waals surface area contributed by atoms with Gasteiger partial charge < -0.3 is 11.5 Å². The lowest BCUT2D eigenvalue weighted by molar-refractivity contribution is 1.47. The van der Waals surface area contributed by atoms with E-state index in [1.165, 1.54) is 0 Å². The van der Waals surface area contributed by atoms with Gasteiger partial charge in [0.2, 0.25) is 0 Å². The Balaban J connectivity index is 3.25. The van der Waals surface area contributed by atoms with Crippen molar-refractivity contribution in [3.8, 4) is 0 Å². The van der Waals surface area contributed by atoms with E-state index in [0.29, 0.717) is 11.4 Å². The van der Waals surface area contributed by atoms with Crippen LogP contribution in [0.1, 0.15) is 5.56 Å². The fraction of sp³-hybridized carbons (Fsp3) is 0.143. The van der Waals surface area contributed by atoms with Gasteiger partial charge in [0.1, 0.15) is 0 Å². The highest BCUT2D eigenvalue weighted by molar-refractivity contribution is 5.66. The second-order valence-electron chi connectivity index (χ2n) is 2.08. The average molecular weight is 118 g/mol. The van der Waals surface area contributed by atoms with Gasteiger partial charge in [-0.05, 0) is 18.6 Å². The van der Waals surface area contributed by atoms with Gasteiger partial charge in [-0.2, -0.15) is 0 Å². The lowest BCUT2D eigenvalue weighted by atomic mass is 7.78. The van der Waals surface area contributed by atoms with Crippen LogP contribution < -0.4 is 11.5 Å². The van der Waals surface area contributed by atoms with E-state index in [1.54, 1.807) is 6.07 Å². The van der Waals surface area contributed by atoms with Gasteiger partial charge in [-0.25, -0.2) is 0 Å². The molecule has 0 aromatic heterocycles. The van der Waals surface area contributed by atoms with Crippen molar-refractivity contribution < 1.29 is 0 Å². The van der Waals surface area contributed by atoms with Gasteiger partial charge in [0.05, 0.1) is 11.4 Å². The second kappa shape index (κ2) is 1.97. The quantitative estimate of drug-likeness (QED) is 0.502. The summed E-state index contributed by atoms with van der Waals surface area (Å²) in [5.74, 6) is 0. The summed E-state index contributed by atoms with van der Waals surface area (Å²) in [5, 5.41) is 0. The third-order valence-corrected chi connectivity index (χ3v) is 1.36. The zero-order valence-corrected chi connectivity index (χ0v) is 5.39. The lowest BCUT2D eigenvalue weighted by Gasteiger charge is -2.00. The molecule has 1 rings (SSSR count). The molecule has 48 valence electrons. The smallest absolute Gasteiger partial charge is 0.0577 e. The molecule has 1 aromatic carbocycles. The molecule has 0 radical (unpaired) electrons. The molecule has 0 spiro atoms. The molecule has 0 aliphatic rings. The predicted octanol–water partition coefficient (Wildman–Crippen LogP) is 1.16. The van der Waals surface area contributed by atoms with Gasteiger partial charge in [0.25, 0.3) is 0 Å². The fourth-order valence-corrected chi connectivity index (χ4v) is 0.703. The Morgan fingerprint density at radius 3 is 2.33 bits per heavy atom. The molecular weight excluding hydrogens is 108 g/mol. The predicted molar refractivity (Wildman–Crippen MR) is 40.0 cm³/mol. The van der Waals surface area contributed by atoms with E-state index in [2.05, 4.69) is 0 Å². The number of aryl methyl sites for hydroxylation is 1. The first kappa shape index (κ1) is 5.95. The molecule has 0 aliphatic carbocycles. The van der Waals surface area contributed by atoms with Crippen LogP contribution in [0.25, 0.3) is 0 Å². The number of para-hydroxylation sites is 1. The minimum Gasteiger partial charge on any atom is -0.397 e. The van der Waals surface area contributed by atoms with Gasteiger partial charge in [-0.3, -0.25) is 0 Å². The van der Waals surface area contributed by atoms with Crippen molar-refractivity contribution in [2.75, 3.05) is 11.5 Å². The van der Waals surface area contributed by atoms with Crippen LogP contribution in [0.4, 0.5) is 11.4 Å². The Morgan fingerprint density at radius 1 is 1.22 bits per heavy atom. The fourth-order valence-electron chi connectivity index (χ4n) is 0.703. The number of anilines is 2. The first-order valence-corrected chi connectivity index (χ1v) is 2.82. The largest absolute Gasteiger partial charge is 0.397 e. The number of nitrogens with two attached hydrogens (primary N) is 2. The molecule has 2 heteroatoms. The van der Waals surface area contributed by atoms with Gasteiger partial charge in [-0.15, -0.1) is 0 Å². The van der Waals surface area contributed by atoms with Crippen LogP contribution in [-0.4, -0.2) is 0 Å². The summed E-state index contributed by atoms with van der Waals surface area (Å²) in [6, 6.07) is 5.62. The average Bonchev–Trinajstić information content (AvgIpc) is 1.83. The normalized spacial score (nSPS) is 9.44. The SMILES string of the molecule is [8CH3]c1cccc(N)c1N. The van der Waals surface area contributed by atoms with E-state index < -0.39 is 0 Å². The number of rotatable bonds is 0. The Morgan fingerprint density at radius 2 is 1.89 bits per heavy atom. The maximum atomic E-state index is 5.56. The number of nitrogen functional groups attached to an aromatic ring is 2. The minimum absolute atomic E-state index is 0.662. The Labute approximate surface area is 54.5 Å². The van der Waals surface area contributed by atoms with E-state index in [0.717, 1.165) is 5.56 Å². The van der Waals surface area contributed by atoms with Crippen molar-refractivity contribution >= 4 is 11.4 Å². The van der Waals surface area contributed by atoms with Crippen LogP contribution in [0, 0.1) is 6.92 Å². The lowest BCUT2D eigenvalue weighted by Crippen LogP contribution is -1.95. The van der Waals surface area contributed by atoms with Crippen LogP contribution in [0.3, 0.4) is 0 Å². The Bertz CT molecular complexity index is 198. The van der Waals surface area contributed by atoms with Crippen molar-refractivity contribution in [1.82, 2.24) is 0 Å². The van der Waals surface area contributed by atoms with E-state index in [1.807, 2.05) is 19.1 Å². The van der Waals surface area contributed by atoms with E-state index in [9.17, 15) is 0 Å². The van der Waals surface area contributed by atoms with E-state index in [4.69, 9.17) is 11.5 Å². The van der Waals surface area contributed by atoms with Gasteiger partial charge in [-0.1, -0.05) is 12.1 Å². The highest BCUT2D eigenvalue weighted by atomic mass is 14.7. The summed E-state index contributed by atoms with van der Waals surface area (Å²) in [5.41, 5.74) is 13.4. The zero-order chi connectivity index (χ0) is 6.85. The number of hydrogen-bond donors (Lipinski definition) is 2. The molecular formula is C7H10N2. The minimum atomic E-state index is 0.662. The summed E-state index contributed by atoms with van der Waals surface area (Å²) in [6.45, 7) is 1.94. The third-order valence-electron chi connectivity index (χ3n) is 1.36. The maximum Gasteiger partial charge on any atom is 0.0577 e. The molecule has 4 N–H and O–H groups in total. The molecule has 0 aliphatic heterocycles. The van der Waals surface area contributed by atoms with Crippen LogP contribution in [0.2, 0.25) is 0 Å². The summed E-state index contributed by atoms with van der Waals surface area (Å²) < 4.78 is 0. The van der Waals surface area contributed by atoms with Crippen molar-refractivity contribution in [2.45, 2.75) is 6.92 Å². The zero-order valence-electron chi connectivity index (χ0n) is 5.39. The Kier molecular flexibility index (Phi) is 1.30. The second-order valence-corrected chi connectivity index (χ2v) is 2.08. The van der Waals surface area contributed by atoms with Gasteiger partial charge in [0, 0.05) is 0 Å². The highest BCUT2D eigenvalue weighted by Gasteiger charge is 1.93. The number of hydrogen-bond acceptors (Lipinski definition) is 2. The van der Waals surface area contributed by atoms with Crippen LogP contribution >= 0.6 is 0 Å². The van der Waals surface area contributed by atoms with Crippen molar-refractivity contribution in [1.29, 1.82) is 0 Å². The first-order valence-electron chi connectivity index (χ1n) is 2.82. The molecule has 1 aromatic rings. The molecule has 9 heavy (non-hydrogen) atoms. The molecule has 0 amide bonds. The molecule has 0 fully saturated rings. The monoisotopic (exact) mass is 118 g/mol. The van der Waals surface area contributed by atoms with Crippen LogP contribution in [-0.2, 0) is 0 Å². The van der Waals surface area contributed by atoms with Crippen molar-refractivity contribution in [3.05, 3.63) is 23.8 Å². The molecule has 0 saturated carbocycles. The third kappa shape index (κ3) is 0.964. The Hall–Kier alpha value is -1.18. The van der Waals surface area contributed by atoms with Crippen molar-refractivity contribution in [3.63, 3.8) is 0 Å². The summed E-state index contributed by atoms with van der Waals surface area (Å²) in [4.78, 5) is 0. The van der Waals surface area contributed by atoms with Gasteiger partial charge in [0.15, 0.2) is 0 Å². The van der Waals surface area contributed by atoms with E-state index in [-0.39, 0.29) is 0 Å². The van der Waals surface area contributed by atoms with E-state index >= 15 is 0 Å². The molecule has 0 atom stereocenters. The van der Waals surface area contributed by atoms with Crippen LogP contribution in [0.15, 0.2) is 18.2 Å². The standard InChI is InChI=1S/C7H10N2/c1-5-3-2-4-6(8)7(5)9/h2-4H,8-9H2,1H3/i1-4. The maximum absolute atomic E-state index is 5.56. The first-order chi connectivity index (χ1) is 4.22. The van der Waals surface area contributed by atoms with Gasteiger partial charge >= 0.3 is 0 Å². The molecule has 0 heterocycles. The molecule has 0 saturated heterocycles. The van der Waals surface area contributed by atoms with Crippen LogP contribution in [0.5, 0.6) is 0 Å². The topological polar surface area (TPSA) is 52.0 Å². The number of benzene rings is 1. The highest BCUT2D eigenvalue weighted by Crippen LogP contribution is 2.17. The summed E-state index contributed by atoms with van der Waals surface area (Å²) in [6.07, 6.45) is 0.